The fourth-order valence-corrected chi connectivity index (χ4v) is 6.23. The van der Waals surface area contributed by atoms with Crippen LogP contribution in [0.2, 0.25) is 5.02 Å². The molecule has 2 saturated heterocycles. The second kappa shape index (κ2) is 8.60. The van der Waals surface area contributed by atoms with Crippen molar-refractivity contribution < 1.29 is 9.53 Å². The van der Waals surface area contributed by atoms with Gasteiger partial charge in [-0.2, -0.15) is 0 Å². The molecular formula is C25H29ClN2O2. The van der Waals surface area contributed by atoms with E-state index in [-0.39, 0.29) is 12.2 Å². The third kappa shape index (κ3) is 4.08. The van der Waals surface area contributed by atoms with Gasteiger partial charge in [0.15, 0.2) is 0 Å². The number of carbonyl (C=O) groups is 1. The van der Waals surface area contributed by atoms with Crippen LogP contribution in [0.3, 0.4) is 0 Å². The van der Waals surface area contributed by atoms with Crippen molar-refractivity contribution in [3.63, 3.8) is 0 Å². The number of amides is 1. The minimum atomic E-state index is -0.364. The van der Waals surface area contributed by atoms with Crippen molar-refractivity contribution in [3.05, 3.63) is 65.2 Å². The van der Waals surface area contributed by atoms with Gasteiger partial charge >= 0.3 is 6.09 Å². The van der Waals surface area contributed by atoms with Gasteiger partial charge in [0.05, 0.1) is 0 Å². The molecule has 1 aliphatic carbocycles. The maximum atomic E-state index is 12.6. The molecule has 5 rings (SSSR count). The van der Waals surface area contributed by atoms with Crippen LogP contribution in [0.1, 0.15) is 37.7 Å². The van der Waals surface area contributed by atoms with Gasteiger partial charge in [0, 0.05) is 28.7 Å². The number of piperidine rings is 2. The lowest BCUT2D eigenvalue weighted by atomic mass is 9.79. The molecule has 3 fully saturated rings. The largest absolute Gasteiger partial charge is 0.446 e. The van der Waals surface area contributed by atoms with Gasteiger partial charge in [-0.1, -0.05) is 54.4 Å². The number of fused-ring (bicyclic) bond motifs is 4. The van der Waals surface area contributed by atoms with Gasteiger partial charge in [-0.05, 0) is 68.3 Å². The third-order valence-electron chi connectivity index (χ3n) is 7.26. The van der Waals surface area contributed by atoms with E-state index in [0.717, 1.165) is 12.8 Å². The minimum Gasteiger partial charge on any atom is -0.446 e. The quantitative estimate of drug-likeness (QED) is 0.678. The topological polar surface area (TPSA) is 41.6 Å². The zero-order valence-corrected chi connectivity index (χ0v) is 17.9. The summed E-state index contributed by atoms with van der Waals surface area (Å²) in [5.41, 5.74) is 2.09. The molecule has 0 radical (unpaired) electrons. The van der Waals surface area contributed by atoms with Gasteiger partial charge in [0.2, 0.25) is 0 Å². The van der Waals surface area contributed by atoms with E-state index < -0.39 is 0 Å². The van der Waals surface area contributed by atoms with E-state index in [1.807, 2.05) is 12.1 Å². The van der Waals surface area contributed by atoms with E-state index in [1.54, 1.807) is 12.1 Å². The van der Waals surface area contributed by atoms with E-state index in [1.165, 1.54) is 37.8 Å². The molecular weight excluding hydrogens is 396 g/mol. The Morgan fingerprint density at radius 3 is 2.80 bits per heavy atom. The fraction of sp³-hybridized carbons (Fsp3) is 0.480. The minimum absolute atomic E-state index is 0.000516. The third-order valence-corrected chi connectivity index (χ3v) is 7.50. The predicted octanol–water partition coefficient (Wildman–Crippen LogP) is 5.76. The van der Waals surface area contributed by atoms with Crippen LogP contribution in [-0.2, 0) is 11.2 Å². The molecule has 30 heavy (non-hydrogen) atoms. The number of anilines is 1. The summed E-state index contributed by atoms with van der Waals surface area (Å²) >= 11 is 6.03. The lowest BCUT2D eigenvalue weighted by molar-refractivity contribution is -0.0144. The van der Waals surface area contributed by atoms with Gasteiger partial charge in [0.25, 0.3) is 0 Å². The van der Waals surface area contributed by atoms with Gasteiger partial charge in [-0.3, -0.25) is 10.2 Å². The first-order chi connectivity index (χ1) is 14.7. The summed E-state index contributed by atoms with van der Waals surface area (Å²) in [5, 5.41) is 3.46. The number of nitrogens with zero attached hydrogens (tertiary/aromatic N) is 1. The maximum absolute atomic E-state index is 12.6. The molecule has 5 atom stereocenters. The van der Waals surface area contributed by atoms with Crippen LogP contribution in [0.4, 0.5) is 10.5 Å². The fourth-order valence-electron chi connectivity index (χ4n) is 6.04. The average Bonchev–Trinajstić information content (AvgIpc) is 3.11. The molecule has 5 heteroatoms. The molecule has 0 spiro atoms. The molecule has 1 amide bonds. The average molecular weight is 425 g/mol. The number of hydrogen-bond donors (Lipinski definition) is 1. The highest BCUT2D eigenvalue weighted by Gasteiger charge is 2.52. The van der Waals surface area contributed by atoms with Crippen molar-refractivity contribution in [1.82, 2.24) is 4.90 Å². The first-order valence-corrected chi connectivity index (χ1v) is 11.6. The Morgan fingerprint density at radius 1 is 1.10 bits per heavy atom. The van der Waals surface area contributed by atoms with Crippen molar-refractivity contribution in [1.29, 1.82) is 0 Å². The smallest absolute Gasteiger partial charge is 0.411 e. The highest BCUT2D eigenvalue weighted by atomic mass is 35.5. The van der Waals surface area contributed by atoms with E-state index in [2.05, 4.69) is 40.5 Å². The van der Waals surface area contributed by atoms with E-state index in [9.17, 15) is 4.79 Å². The molecule has 2 aromatic carbocycles. The zero-order valence-electron chi connectivity index (χ0n) is 17.2. The van der Waals surface area contributed by atoms with Crippen molar-refractivity contribution in [2.75, 3.05) is 11.9 Å². The van der Waals surface area contributed by atoms with Gasteiger partial charge in [0.1, 0.15) is 6.10 Å². The Hall–Kier alpha value is -2.04. The van der Waals surface area contributed by atoms with Crippen LogP contribution in [-0.4, -0.2) is 35.7 Å². The van der Waals surface area contributed by atoms with Gasteiger partial charge in [-0.15, -0.1) is 0 Å². The van der Waals surface area contributed by atoms with Crippen LogP contribution in [0.15, 0.2) is 54.6 Å². The van der Waals surface area contributed by atoms with E-state index in [4.69, 9.17) is 16.3 Å². The summed E-state index contributed by atoms with van der Waals surface area (Å²) in [6.07, 6.45) is 6.65. The molecule has 158 valence electrons. The van der Waals surface area contributed by atoms with Crippen molar-refractivity contribution >= 4 is 23.4 Å². The number of halogens is 1. The molecule has 2 bridgehead atoms. The van der Waals surface area contributed by atoms with Crippen molar-refractivity contribution in [3.8, 4) is 0 Å². The first-order valence-electron chi connectivity index (χ1n) is 11.2. The second-order valence-corrected chi connectivity index (χ2v) is 9.47. The van der Waals surface area contributed by atoms with Gasteiger partial charge < -0.3 is 4.74 Å². The molecule has 0 aromatic heterocycles. The highest BCUT2D eigenvalue weighted by Crippen LogP contribution is 2.49. The molecule has 2 heterocycles. The molecule has 2 aliphatic heterocycles. The van der Waals surface area contributed by atoms with Gasteiger partial charge in [-0.25, -0.2) is 4.79 Å². The summed E-state index contributed by atoms with van der Waals surface area (Å²) in [7, 11) is 0. The zero-order chi connectivity index (χ0) is 20.5. The normalized spacial score (nSPS) is 30.5. The summed E-state index contributed by atoms with van der Waals surface area (Å²) in [5.74, 6) is 1.04. The summed E-state index contributed by atoms with van der Waals surface area (Å²) in [6.45, 7) is 1.18. The lowest BCUT2D eigenvalue weighted by Gasteiger charge is -2.49. The van der Waals surface area contributed by atoms with Crippen LogP contribution in [0.5, 0.6) is 0 Å². The van der Waals surface area contributed by atoms with Crippen molar-refractivity contribution in [2.45, 2.75) is 56.7 Å². The monoisotopic (exact) mass is 424 g/mol. The number of nitrogens with one attached hydrogen (secondary N) is 1. The summed E-state index contributed by atoms with van der Waals surface area (Å²) < 4.78 is 6.00. The van der Waals surface area contributed by atoms with E-state index in [0.29, 0.717) is 34.6 Å². The number of carbonyl (C=O) groups excluding carboxylic acids is 1. The van der Waals surface area contributed by atoms with E-state index >= 15 is 0 Å². The molecule has 1 N–H and O–H groups in total. The second-order valence-electron chi connectivity index (χ2n) is 9.03. The molecule has 3 aliphatic rings. The Bertz CT molecular complexity index is 890. The van der Waals surface area contributed by atoms with Crippen LogP contribution in [0.25, 0.3) is 0 Å². The highest BCUT2D eigenvalue weighted by molar-refractivity contribution is 6.30. The molecule has 0 unspecified atom stereocenters. The number of rotatable bonds is 4. The Labute approximate surface area is 183 Å². The van der Waals surface area contributed by atoms with Crippen LogP contribution in [0, 0.1) is 11.8 Å². The first kappa shape index (κ1) is 19.9. The Kier molecular flexibility index (Phi) is 5.70. The number of benzene rings is 2. The summed E-state index contributed by atoms with van der Waals surface area (Å²) in [6, 6.07) is 19.1. The van der Waals surface area contributed by atoms with Crippen molar-refractivity contribution in [2.24, 2.45) is 11.8 Å². The summed E-state index contributed by atoms with van der Waals surface area (Å²) in [4.78, 5) is 15.4. The predicted molar refractivity (Wildman–Crippen MR) is 120 cm³/mol. The Balaban J connectivity index is 1.30. The van der Waals surface area contributed by atoms with Crippen LogP contribution >= 0.6 is 11.6 Å². The molecule has 1 saturated carbocycles. The lowest BCUT2D eigenvalue weighted by Crippen LogP contribution is -2.55. The maximum Gasteiger partial charge on any atom is 0.411 e. The molecule has 4 nitrogen and oxygen atoms in total. The number of ether oxygens (including phenoxy) is 1. The number of hydrogen-bond acceptors (Lipinski definition) is 3. The Morgan fingerprint density at radius 2 is 1.97 bits per heavy atom. The molecule has 2 aromatic rings. The van der Waals surface area contributed by atoms with Crippen LogP contribution < -0.4 is 5.32 Å². The standard InChI is InChI=1S/C25H29ClN2O2/c26-19-9-6-10-20(16-19)27-25(29)30-24-15-18-14-21(24)22-11-4-5-12-28(22)23(18)13-17-7-2-1-3-8-17/h1-3,6-10,16,18,21-24H,4-5,11-15H2,(H,27,29)/t18-,21-,22-,23+,24-/m1/s1. The SMILES string of the molecule is O=C(Nc1cccc(Cl)c1)O[C@@H]1C[C@H]2C[C@@H]1[C@H]1CCCCN1[C@H]2Cc1ccccc1.